The SMILES string of the molecule is CC(C)CCN(c1ncc(Cl)cc1Br)C1CC1. The highest BCUT2D eigenvalue weighted by Gasteiger charge is 2.30. The summed E-state index contributed by atoms with van der Waals surface area (Å²) in [4.78, 5) is 6.88. The van der Waals surface area contributed by atoms with E-state index in [4.69, 9.17) is 11.6 Å². The summed E-state index contributed by atoms with van der Waals surface area (Å²) in [5.74, 6) is 1.76. The fourth-order valence-electron chi connectivity index (χ4n) is 1.86. The number of rotatable bonds is 5. The second-order valence-electron chi connectivity index (χ2n) is 5.07. The molecule has 1 aromatic rings. The van der Waals surface area contributed by atoms with E-state index in [1.54, 1.807) is 6.20 Å². The molecule has 2 rings (SSSR count). The molecule has 0 saturated heterocycles. The first kappa shape index (κ1) is 13.2. The van der Waals surface area contributed by atoms with Crippen molar-refractivity contribution >= 4 is 33.3 Å². The van der Waals surface area contributed by atoms with Gasteiger partial charge in [0.05, 0.1) is 9.50 Å². The van der Waals surface area contributed by atoms with E-state index in [0.29, 0.717) is 11.1 Å². The first-order valence-electron chi connectivity index (χ1n) is 6.15. The summed E-state index contributed by atoms with van der Waals surface area (Å²) in [6.45, 7) is 5.60. The van der Waals surface area contributed by atoms with Crippen LogP contribution < -0.4 is 4.90 Å². The van der Waals surface area contributed by atoms with Crippen LogP contribution in [0.15, 0.2) is 16.7 Å². The molecule has 1 aliphatic carbocycles. The van der Waals surface area contributed by atoms with E-state index in [0.717, 1.165) is 22.8 Å². The summed E-state index contributed by atoms with van der Waals surface area (Å²) in [5, 5.41) is 0.681. The molecule has 0 spiro atoms. The number of pyridine rings is 1. The van der Waals surface area contributed by atoms with E-state index in [-0.39, 0.29) is 0 Å². The van der Waals surface area contributed by atoms with Gasteiger partial charge in [-0.3, -0.25) is 0 Å². The van der Waals surface area contributed by atoms with Crippen LogP contribution in [-0.4, -0.2) is 17.6 Å². The Kier molecular flexibility index (Phi) is 4.31. The predicted molar refractivity (Wildman–Crippen MR) is 76.8 cm³/mol. The minimum absolute atomic E-state index is 0.679. The highest BCUT2D eigenvalue weighted by Crippen LogP contribution is 2.35. The maximum absolute atomic E-state index is 5.93. The van der Waals surface area contributed by atoms with Gasteiger partial charge in [-0.05, 0) is 47.2 Å². The maximum Gasteiger partial charge on any atom is 0.143 e. The van der Waals surface area contributed by atoms with Gasteiger partial charge in [0.15, 0.2) is 0 Å². The Balaban J connectivity index is 2.14. The fourth-order valence-corrected chi connectivity index (χ4v) is 2.73. The molecule has 0 unspecified atom stereocenters. The number of hydrogen-bond acceptors (Lipinski definition) is 2. The van der Waals surface area contributed by atoms with E-state index in [1.807, 2.05) is 6.07 Å². The molecule has 1 aliphatic rings. The minimum Gasteiger partial charge on any atom is -0.353 e. The molecule has 0 aromatic carbocycles. The second kappa shape index (κ2) is 5.57. The first-order chi connectivity index (χ1) is 8.08. The summed E-state index contributed by atoms with van der Waals surface area (Å²) >= 11 is 9.50. The third-order valence-corrected chi connectivity index (χ3v) is 3.79. The summed E-state index contributed by atoms with van der Waals surface area (Å²) < 4.78 is 1.00. The van der Waals surface area contributed by atoms with Crippen LogP contribution in [0, 0.1) is 5.92 Å². The van der Waals surface area contributed by atoms with Gasteiger partial charge in [-0.1, -0.05) is 25.4 Å². The van der Waals surface area contributed by atoms with Crippen molar-refractivity contribution in [2.45, 2.75) is 39.2 Å². The lowest BCUT2D eigenvalue weighted by Crippen LogP contribution is -2.28. The number of anilines is 1. The van der Waals surface area contributed by atoms with E-state index in [2.05, 4.69) is 39.7 Å². The topological polar surface area (TPSA) is 16.1 Å². The third kappa shape index (κ3) is 3.59. The van der Waals surface area contributed by atoms with Crippen LogP contribution in [0.25, 0.3) is 0 Å². The smallest absolute Gasteiger partial charge is 0.143 e. The molecular weight excluding hydrogens is 300 g/mol. The Hall–Kier alpha value is -0.280. The average Bonchev–Trinajstić information content (AvgIpc) is 3.04. The van der Waals surface area contributed by atoms with Gasteiger partial charge in [0.25, 0.3) is 0 Å². The Labute approximate surface area is 116 Å². The Morgan fingerprint density at radius 1 is 1.53 bits per heavy atom. The van der Waals surface area contributed by atoms with Gasteiger partial charge < -0.3 is 4.90 Å². The number of nitrogens with zero attached hydrogens (tertiary/aromatic N) is 2. The molecule has 0 amide bonds. The summed E-state index contributed by atoms with van der Waals surface area (Å²) in [5.41, 5.74) is 0. The lowest BCUT2D eigenvalue weighted by atomic mass is 10.1. The van der Waals surface area contributed by atoms with Crippen LogP contribution >= 0.6 is 27.5 Å². The van der Waals surface area contributed by atoms with E-state index >= 15 is 0 Å². The van der Waals surface area contributed by atoms with Gasteiger partial charge in [0.1, 0.15) is 5.82 Å². The van der Waals surface area contributed by atoms with Crippen LogP contribution in [0.3, 0.4) is 0 Å². The predicted octanol–water partition coefficient (Wildman–Crippen LogP) is 4.51. The van der Waals surface area contributed by atoms with E-state index in [9.17, 15) is 0 Å². The number of aromatic nitrogens is 1. The molecule has 17 heavy (non-hydrogen) atoms. The van der Waals surface area contributed by atoms with Crippen molar-refractivity contribution < 1.29 is 0 Å². The molecule has 0 atom stereocenters. The van der Waals surface area contributed by atoms with Crippen molar-refractivity contribution in [2.24, 2.45) is 5.92 Å². The number of halogens is 2. The van der Waals surface area contributed by atoms with Crippen LogP contribution in [0.4, 0.5) is 5.82 Å². The van der Waals surface area contributed by atoms with E-state index < -0.39 is 0 Å². The molecule has 1 fully saturated rings. The molecule has 0 N–H and O–H groups in total. The van der Waals surface area contributed by atoms with Gasteiger partial charge in [0, 0.05) is 18.8 Å². The highest BCUT2D eigenvalue weighted by molar-refractivity contribution is 9.10. The van der Waals surface area contributed by atoms with Crippen molar-refractivity contribution in [3.8, 4) is 0 Å². The van der Waals surface area contributed by atoms with Crippen LogP contribution in [-0.2, 0) is 0 Å². The molecule has 94 valence electrons. The zero-order chi connectivity index (χ0) is 12.4. The second-order valence-corrected chi connectivity index (χ2v) is 6.36. The Bertz CT molecular complexity index is 391. The Morgan fingerprint density at radius 2 is 2.24 bits per heavy atom. The molecule has 1 heterocycles. The van der Waals surface area contributed by atoms with Crippen molar-refractivity contribution in [3.05, 3.63) is 21.8 Å². The standard InChI is InChI=1S/C13H18BrClN2/c1-9(2)5-6-17(11-3-4-11)13-12(14)7-10(15)8-16-13/h7-9,11H,3-6H2,1-2H3. The van der Waals surface area contributed by atoms with Crippen LogP contribution in [0.1, 0.15) is 33.1 Å². The van der Waals surface area contributed by atoms with Gasteiger partial charge in [-0.15, -0.1) is 0 Å². The fraction of sp³-hybridized carbons (Fsp3) is 0.615. The van der Waals surface area contributed by atoms with Crippen LogP contribution in [0.2, 0.25) is 5.02 Å². The van der Waals surface area contributed by atoms with Crippen LogP contribution in [0.5, 0.6) is 0 Å². The van der Waals surface area contributed by atoms with Gasteiger partial charge in [-0.25, -0.2) is 4.98 Å². The lowest BCUT2D eigenvalue weighted by molar-refractivity contribution is 0.568. The third-order valence-electron chi connectivity index (χ3n) is 3.00. The molecule has 0 aliphatic heterocycles. The van der Waals surface area contributed by atoms with Gasteiger partial charge in [-0.2, -0.15) is 0 Å². The zero-order valence-electron chi connectivity index (χ0n) is 10.3. The Morgan fingerprint density at radius 3 is 2.76 bits per heavy atom. The minimum atomic E-state index is 0.679. The maximum atomic E-state index is 5.93. The normalized spacial score (nSPS) is 15.4. The van der Waals surface area contributed by atoms with E-state index in [1.165, 1.54) is 19.3 Å². The molecule has 2 nitrogen and oxygen atoms in total. The number of hydrogen-bond donors (Lipinski definition) is 0. The summed E-state index contributed by atoms with van der Waals surface area (Å²) in [6.07, 6.45) is 5.50. The van der Waals surface area contributed by atoms with Crippen molar-refractivity contribution in [3.63, 3.8) is 0 Å². The zero-order valence-corrected chi connectivity index (χ0v) is 12.6. The van der Waals surface area contributed by atoms with Crippen molar-refractivity contribution in [1.29, 1.82) is 0 Å². The molecular formula is C13H18BrClN2. The lowest BCUT2D eigenvalue weighted by Gasteiger charge is -2.25. The molecule has 1 aromatic heterocycles. The van der Waals surface area contributed by atoms with Crippen molar-refractivity contribution in [2.75, 3.05) is 11.4 Å². The molecule has 0 radical (unpaired) electrons. The van der Waals surface area contributed by atoms with Gasteiger partial charge >= 0.3 is 0 Å². The molecule has 4 heteroatoms. The molecule has 0 bridgehead atoms. The average molecular weight is 318 g/mol. The first-order valence-corrected chi connectivity index (χ1v) is 7.32. The van der Waals surface area contributed by atoms with Crippen molar-refractivity contribution in [1.82, 2.24) is 4.98 Å². The summed E-state index contributed by atoms with van der Waals surface area (Å²) in [6, 6.07) is 2.60. The summed E-state index contributed by atoms with van der Waals surface area (Å²) in [7, 11) is 0. The van der Waals surface area contributed by atoms with Gasteiger partial charge in [0.2, 0.25) is 0 Å². The quantitative estimate of drug-likeness (QED) is 0.794. The highest BCUT2D eigenvalue weighted by atomic mass is 79.9. The largest absolute Gasteiger partial charge is 0.353 e. The monoisotopic (exact) mass is 316 g/mol. The molecule has 1 saturated carbocycles.